The van der Waals surface area contributed by atoms with Gasteiger partial charge in [0.2, 0.25) is 11.1 Å². The van der Waals surface area contributed by atoms with Crippen LogP contribution in [0.1, 0.15) is 11.4 Å². The van der Waals surface area contributed by atoms with Crippen LogP contribution in [0.2, 0.25) is 0 Å². The molecule has 0 radical (unpaired) electrons. The van der Waals surface area contributed by atoms with Crippen molar-refractivity contribution in [2.75, 3.05) is 12.3 Å². The molecule has 0 bridgehead atoms. The summed E-state index contributed by atoms with van der Waals surface area (Å²) in [6.07, 6.45) is 8.84. The van der Waals surface area contributed by atoms with E-state index in [-0.39, 0.29) is 18.2 Å². The molecule has 2 aromatic rings. The number of hydrogen-bond acceptors (Lipinski definition) is 4. The van der Waals surface area contributed by atoms with Gasteiger partial charge in [-0.05, 0) is 11.6 Å². The van der Waals surface area contributed by atoms with Crippen LogP contribution in [0.3, 0.4) is 0 Å². The third-order valence-corrected chi connectivity index (χ3v) is 3.28. The lowest BCUT2D eigenvalue weighted by molar-refractivity contribution is -0.118. The molecule has 0 unspecified atom stereocenters. The molecule has 6 heteroatoms. The van der Waals surface area contributed by atoms with E-state index in [2.05, 4.69) is 26.4 Å². The second-order valence-corrected chi connectivity index (χ2v) is 4.96. The predicted molar refractivity (Wildman–Crippen MR) is 84.3 cm³/mol. The first-order chi connectivity index (χ1) is 10.3. The number of aromatic amines is 1. The van der Waals surface area contributed by atoms with Gasteiger partial charge in [-0.15, -0.1) is 11.5 Å². The lowest BCUT2D eigenvalue weighted by Crippen LogP contribution is -2.25. The van der Waals surface area contributed by atoms with Gasteiger partial charge in [-0.2, -0.15) is 0 Å². The van der Waals surface area contributed by atoms with Crippen LogP contribution in [0, 0.1) is 12.3 Å². The highest BCUT2D eigenvalue weighted by atomic mass is 32.2. The maximum absolute atomic E-state index is 11.4. The first-order valence-electron chi connectivity index (χ1n) is 6.26. The Balaban J connectivity index is 1.86. The van der Waals surface area contributed by atoms with Crippen LogP contribution in [0.5, 0.6) is 0 Å². The van der Waals surface area contributed by atoms with Crippen molar-refractivity contribution in [2.45, 2.75) is 5.16 Å². The number of carbonyl (C=O) groups is 1. The van der Waals surface area contributed by atoms with E-state index in [1.165, 1.54) is 11.8 Å². The molecule has 106 valence electrons. The van der Waals surface area contributed by atoms with Crippen molar-refractivity contribution in [2.24, 2.45) is 0 Å². The number of hydrogen-bond donors (Lipinski definition) is 2. The Morgan fingerprint density at radius 1 is 1.38 bits per heavy atom. The number of nitrogens with one attached hydrogen (secondary N) is 2. The van der Waals surface area contributed by atoms with Gasteiger partial charge >= 0.3 is 0 Å². The smallest absolute Gasteiger partial charge is 0.231 e. The molecule has 0 saturated carbocycles. The number of aromatic nitrogens is 3. The van der Waals surface area contributed by atoms with Gasteiger partial charge in [0.25, 0.3) is 0 Å². The Morgan fingerprint density at radius 3 is 2.95 bits per heavy atom. The molecule has 5 nitrogen and oxygen atoms in total. The lowest BCUT2D eigenvalue weighted by Gasteiger charge is -1.97. The monoisotopic (exact) mass is 298 g/mol. The van der Waals surface area contributed by atoms with Gasteiger partial charge in [-0.3, -0.25) is 9.89 Å². The van der Waals surface area contributed by atoms with Crippen molar-refractivity contribution in [1.82, 2.24) is 20.5 Å². The Morgan fingerprint density at radius 2 is 2.19 bits per heavy atom. The van der Waals surface area contributed by atoms with Crippen molar-refractivity contribution in [3.05, 3.63) is 41.7 Å². The summed E-state index contributed by atoms with van der Waals surface area (Å²) in [4.78, 5) is 15.7. The fourth-order valence-corrected chi connectivity index (χ4v) is 2.10. The van der Waals surface area contributed by atoms with Crippen LogP contribution in [-0.2, 0) is 4.79 Å². The summed E-state index contributed by atoms with van der Waals surface area (Å²) in [6, 6.07) is 9.90. The average Bonchev–Trinajstić information content (AvgIpc) is 2.98. The summed E-state index contributed by atoms with van der Waals surface area (Å²) in [5.41, 5.74) is 1.08. The number of nitrogens with zero attached hydrogens (tertiary/aromatic N) is 2. The largest absolute Gasteiger partial charge is 0.344 e. The Bertz CT molecular complexity index is 658. The van der Waals surface area contributed by atoms with Crippen molar-refractivity contribution < 1.29 is 4.79 Å². The predicted octanol–water partition coefficient (Wildman–Crippen LogP) is 1.82. The first-order valence-corrected chi connectivity index (χ1v) is 7.25. The highest BCUT2D eigenvalue weighted by molar-refractivity contribution is 7.99. The first kappa shape index (κ1) is 14.9. The minimum absolute atomic E-state index is 0.135. The second-order valence-electron chi connectivity index (χ2n) is 4.02. The number of benzene rings is 1. The number of terminal acetylenes is 1. The topological polar surface area (TPSA) is 70.7 Å². The van der Waals surface area contributed by atoms with E-state index >= 15 is 0 Å². The molecule has 1 heterocycles. The van der Waals surface area contributed by atoms with E-state index in [0.29, 0.717) is 11.0 Å². The van der Waals surface area contributed by atoms with Crippen LogP contribution < -0.4 is 5.32 Å². The molecule has 21 heavy (non-hydrogen) atoms. The van der Waals surface area contributed by atoms with Crippen LogP contribution in [-0.4, -0.2) is 33.4 Å². The summed E-state index contributed by atoms with van der Waals surface area (Å²) < 4.78 is 0. The Labute approximate surface area is 127 Å². The minimum Gasteiger partial charge on any atom is -0.344 e. The molecule has 2 rings (SSSR count). The summed E-state index contributed by atoms with van der Waals surface area (Å²) in [5.74, 6) is 3.09. The molecule has 1 aromatic heterocycles. The van der Waals surface area contributed by atoms with Gasteiger partial charge in [0.1, 0.15) is 5.82 Å². The van der Waals surface area contributed by atoms with Gasteiger partial charge < -0.3 is 5.32 Å². The molecular weight excluding hydrogens is 284 g/mol. The van der Waals surface area contributed by atoms with E-state index < -0.39 is 0 Å². The SMILES string of the molecule is C#CCNC(=O)CSc1n[nH]c(/C=C/c2ccccc2)n1. The summed E-state index contributed by atoms with van der Waals surface area (Å²) >= 11 is 1.25. The second kappa shape index (κ2) is 7.92. The Kier molecular flexibility index (Phi) is 5.61. The molecule has 2 N–H and O–H groups in total. The normalized spacial score (nSPS) is 10.4. The lowest BCUT2D eigenvalue weighted by atomic mass is 10.2. The number of rotatable bonds is 6. The molecule has 0 saturated heterocycles. The van der Waals surface area contributed by atoms with E-state index in [1.54, 1.807) is 0 Å². The average molecular weight is 298 g/mol. The maximum atomic E-state index is 11.4. The van der Waals surface area contributed by atoms with Crippen molar-refractivity contribution in [3.63, 3.8) is 0 Å². The number of amides is 1. The number of carbonyl (C=O) groups excluding carboxylic acids is 1. The molecule has 0 spiro atoms. The van der Waals surface area contributed by atoms with E-state index in [4.69, 9.17) is 6.42 Å². The van der Waals surface area contributed by atoms with E-state index in [9.17, 15) is 4.79 Å². The zero-order chi connectivity index (χ0) is 14.9. The van der Waals surface area contributed by atoms with Crippen molar-refractivity contribution >= 4 is 29.8 Å². The zero-order valence-electron chi connectivity index (χ0n) is 11.2. The molecule has 1 amide bonds. The van der Waals surface area contributed by atoms with E-state index in [1.807, 2.05) is 42.5 Å². The van der Waals surface area contributed by atoms with E-state index in [0.717, 1.165) is 5.56 Å². The minimum atomic E-state index is -0.135. The van der Waals surface area contributed by atoms with Crippen molar-refractivity contribution in [3.8, 4) is 12.3 Å². The summed E-state index contributed by atoms with van der Waals surface area (Å²) in [5, 5.41) is 9.95. The number of thioether (sulfide) groups is 1. The fraction of sp³-hybridized carbons (Fsp3) is 0.133. The van der Waals surface area contributed by atoms with Crippen LogP contribution in [0.25, 0.3) is 12.2 Å². The third-order valence-electron chi connectivity index (χ3n) is 2.44. The molecule has 0 atom stereocenters. The van der Waals surface area contributed by atoms with Crippen molar-refractivity contribution in [1.29, 1.82) is 0 Å². The highest BCUT2D eigenvalue weighted by Crippen LogP contribution is 2.13. The number of H-pyrrole nitrogens is 1. The quantitative estimate of drug-likeness (QED) is 0.630. The van der Waals surface area contributed by atoms with Gasteiger partial charge in [-0.25, -0.2) is 4.98 Å². The van der Waals surface area contributed by atoms with Gasteiger partial charge in [0, 0.05) is 0 Å². The van der Waals surface area contributed by atoms with Crippen LogP contribution in [0.15, 0.2) is 35.5 Å². The fourth-order valence-electron chi connectivity index (χ4n) is 1.47. The zero-order valence-corrected chi connectivity index (χ0v) is 12.1. The highest BCUT2D eigenvalue weighted by Gasteiger charge is 2.05. The van der Waals surface area contributed by atoms with Crippen LogP contribution >= 0.6 is 11.8 Å². The molecule has 0 fully saturated rings. The summed E-state index contributed by atoms with van der Waals surface area (Å²) in [6.45, 7) is 0.235. The van der Waals surface area contributed by atoms with Gasteiger partial charge in [0.05, 0.1) is 12.3 Å². The standard InChI is InChI=1S/C15H14N4OS/c1-2-10-16-14(20)11-21-15-17-13(18-19-15)9-8-12-6-4-3-5-7-12/h1,3-9H,10-11H2,(H,16,20)(H,17,18,19)/b9-8+. The molecule has 1 aromatic carbocycles. The summed E-state index contributed by atoms with van der Waals surface area (Å²) in [7, 11) is 0. The maximum Gasteiger partial charge on any atom is 0.231 e. The van der Waals surface area contributed by atoms with Gasteiger partial charge in [0.15, 0.2) is 0 Å². The van der Waals surface area contributed by atoms with Crippen LogP contribution in [0.4, 0.5) is 0 Å². The molecule has 0 aliphatic carbocycles. The molecular formula is C15H14N4OS. The molecule has 0 aliphatic heterocycles. The third kappa shape index (κ3) is 5.16. The molecule has 0 aliphatic rings. The van der Waals surface area contributed by atoms with Gasteiger partial charge in [-0.1, -0.05) is 54.1 Å². The Hall–Kier alpha value is -2.52.